The normalized spacial score (nSPS) is 10.5. The van der Waals surface area contributed by atoms with Crippen LogP contribution >= 0.6 is 0 Å². The van der Waals surface area contributed by atoms with Crippen LogP contribution in [0.3, 0.4) is 0 Å². The first-order valence-corrected chi connectivity index (χ1v) is 10.6. The molecule has 0 bridgehead atoms. The van der Waals surface area contributed by atoms with Crippen molar-refractivity contribution in [1.82, 2.24) is 14.8 Å². The summed E-state index contributed by atoms with van der Waals surface area (Å²) in [6.07, 6.45) is 1.57. The van der Waals surface area contributed by atoms with Crippen molar-refractivity contribution in [2.45, 2.75) is 19.8 Å². The lowest BCUT2D eigenvalue weighted by Crippen LogP contribution is -2.21. The minimum Gasteiger partial charge on any atom is -0.457 e. The van der Waals surface area contributed by atoms with Crippen LogP contribution in [0.1, 0.15) is 31.0 Å². The summed E-state index contributed by atoms with van der Waals surface area (Å²) in [5.74, 6) is 2.22. The van der Waals surface area contributed by atoms with Crippen LogP contribution < -0.4 is 21.1 Å². The van der Waals surface area contributed by atoms with Gasteiger partial charge in [-0.1, -0.05) is 13.8 Å². The molecule has 34 heavy (non-hydrogen) atoms. The molecule has 0 aliphatic carbocycles. The number of benzene rings is 2. The van der Waals surface area contributed by atoms with E-state index in [1.54, 1.807) is 71.5 Å². The third kappa shape index (κ3) is 5.31. The van der Waals surface area contributed by atoms with Gasteiger partial charge in [0.15, 0.2) is 0 Å². The fraction of sp³-hybridized carbons (Fsp3) is 0.120. The highest BCUT2D eigenvalue weighted by molar-refractivity contribution is 5.99. The smallest absolute Gasteiger partial charge is 0.324 e. The largest absolute Gasteiger partial charge is 0.457 e. The molecule has 4 N–H and O–H groups in total. The molecule has 0 unspecified atom stereocenters. The average Bonchev–Trinajstić information content (AvgIpc) is 3.24. The monoisotopic (exact) mass is 453 g/mol. The van der Waals surface area contributed by atoms with Crippen molar-refractivity contribution in [2.75, 3.05) is 16.4 Å². The van der Waals surface area contributed by atoms with E-state index < -0.39 is 6.03 Å². The van der Waals surface area contributed by atoms with Crippen LogP contribution in [0.2, 0.25) is 0 Å². The highest BCUT2D eigenvalue weighted by atomic mass is 16.5. The van der Waals surface area contributed by atoms with Crippen molar-refractivity contribution in [2.24, 2.45) is 0 Å². The molecule has 0 spiro atoms. The number of hydrogen-bond donors (Lipinski definition) is 3. The Hall–Kier alpha value is -4.84. The van der Waals surface area contributed by atoms with E-state index in [-0.39, 0.29) is 5.92 Å². The van der Waals surface area contributed by atoms with Crippen molar-refractivity contribution in [3.63, 3.8) is 0 Å². The molecule has 0 aliphatic heterocycles. The lowest BCUT2D eigenvalue weighted by atomic mass is 10.1. The summed E-state index contributed by atoms with van der Waals surface area (Å²) in [5, 5.41) is 19.3. The third-order valence-electron chi connectivity index (χ3n) is 4.90. The predicted molar refractivity (Wildman–Crippen MR) is 130 cm³/mol. The number of nitrogens with zero attached hydrogens (tertiary/aromatic N) is 4. The number of hydrogen-bond acceptors (Lipinski definition) is 6. The number of carbonyl (C=O) groups is 1. The van der Waals surface area contributed by atoms with E-state index >= 15 is 0 Å². The summed E-state index contributed by atoms with van der Waals surface area (Å²) in [5.41, 5.74) is 8.37. The molecular weight excluding hydrogens is 430 g/mol. The SMILES string of the molecule is CC(C)c1cc(NC(=O)Nc2ccc(Oc3ccnc(N)c3)cc2)n(-c2ccc(C#N)cc2)n1. The summed E-state index contributed by atoms with van der Waals surface area (Å²) < 4.78 is 7.39. The highest BCUT2D eigenvalue weighted by Gasteiger charge is 2.15. The first-order valence-electron chi connectivity index (χ1n) is 10.6. The Kier molecular flexibility index (Phi) is 6.41. The third-order valence-corrected chi connectivity index (χ3v) is 4.90. The number of anilines is 3. The van der Waals surface area contributed by atoms with E-state index in [0.29, 0.717) is 34.4 Å². The number of carbonyl (C=O) groups excluding carboxylic acids is 1. The number of nitrogen functional groups attached to an aromatic ring is 1. The summed E-state index contributed by atoms with van der Waals surface area (Å²) >= 11 is 0. The molecule has 0 saturated carbocycles. The molecule has 0 radical (unpaired) electrons. The Morgan fingerprint density at radius 3 is 2.41 bits per heavy atom. The molecule has 0 fully saturated rings. The van der Waals surface area contributed by atoms with Crippen molar-refractivity contribution in [1.29, 1.82) is 5.26 Å². The number of nitrogens with one attached hydrogen (secondary N) is 2. The second-order valence-corrected chi connectivity index (χ2v) is 7.80. The summed E-state index contributed by atoms with van der Waals surface area (Å²) in [6, 6.07) is 20.8. The zero-order valence-electron chi connectivity index (χ0n) is 18.7. The lowest BCUT2D eigenvalue weighted by molar-refractivity contribution is 0.262. The number of ether oxygens (including phenoxy) is 1. The van der Waals surface area contributed by atoms with Crippen LogP contribution in [0.4, 0.5) is 22.1 Å². The zero-order chi connectivity index (χ0) is 24.1. The van der Waals surface area contributed by atoms with E-state index in [9.17, 15) is 4.79 Å². The molecule has 2 heterocycles. The van der Waals surface area contributed by atoms with Gasteiger partial charge in [-0.25, -0.2) is 14.5 Å². The molecule has 2 aromatic heterocycles. The Morgan fingerprint density at radius 2 is 1.76 bits per heavy atom. The van der Waals surface area contributed by atoms with Crippen LogP contribution in [-0.2, 0) is 0 Å². The fourth-order valence-corrected chi connectivity index (χ4v) is 3.16. The Balaban J connectivity index is 1.46. The fourth-order valence-electron chi connectivity index (χ4n) is 3.16. The first kappa shape index (κ1) is 22.4. The van der Waals surface area contributed by atoms with Gasteiger partial charge >= 0.3 is 6.03 Å². The van der Waals surface area contributed by atoms with Crippen LogP contribution in [0.25, 0.3) is 5.69 Å². The molecular formula is C25H23N7O2. The van der Waals surface area contributed by atoms with Crippen molar-refractivity contribution < 1.29 is 9.53 Å². The van der Waals surface area contributed by atoms with Gasteiger partial charge in [0.05, 0.1) is 23.0 Å². The summed E-state index contributed by atoms with van der Waals surface area (Å²) in [7, 11) is 0. The number of urea groups is 1. The van der Waals surface area contributed by atoms with E-state index in [1.165, 1.54) is 0 Å². The molecule has 2 aromatic carbocycles. The van der Waals surface area contributed by atoms with Gasteiger partial charge < -0.3 is 15.8 Å². The maximum Gasteiger partial charge on any atom is 0.324 e. The van der Waals surface area contributed by atoms with Crippen LogP contribution in [0.5, 0.6) is 11.5 Å². The van der Waals surface area contributed by atoms with Crippen LogP contribution in [0.15, 0.2) is 72.9 Å². The quantitative estimate of drug-likeness (QED) is 0.364. The summed E-state index contributed by atoms with van der Waals surface area (Å²) in [6.45, 7) is 4.05. The van der Waals surface area contributed by atoms with Gasteiger partial charge in [0, 0.05) is 24.0 Å². The van der Waals surface area contributed by atoms with Gasteiger partial charge in [-0.15, -0.1) is 0 Å². The number of amides is 2. The van der Waals surface area contributed by atoms with Crippen LogP contribution in [0, 0.1) is 11.3 Å². The predicted octanol–water partition coefficient (Wildman–Crippen LogP) is 5.28. The Labute approximate surface area is 196 Å². The molecule has 9 nitrogen and oxygen atoms in total. The van der Waals surface area contributed by atoms with Crippen LogP contribution in [-0.4, -0.2) is 20.8 Å². The average molecular weight is 454 g/mol. The molecule has 4 aromatic rings. The second-order valence-electron chi connectivity index (χ2n) is 7.80. The van der Waals surface area contributed by atoms with E-state index in [2.05, 4.69) is 26.8 Å². The molecule has 0 aliphatic rings. The van der Waals surface area contributed by atoms with Gasteiger partial charge in [0.25, 0.3) is 0 Å². The maximum atomic E-state index is 12.7. The Morgan fingerprint density at radius 1 is 1.03 bits per heavy atom. The highest BCUT2D eigenvalue weighted by Crippen LogP contribution is 2.25. The molecule has 170 valence electrons. The number of aromatic nitrogens is 3. The minimum absolute atomic E-state index is 0.173. The zero-order valence-corrected chi connectivity index (χ0v) is 18.7. The van der Waals surface area contributed by atoms with Crippen molar-refractivity contribution in [3.05, 3.63) is 84.2 Å². The van der Waals surface area contributed by atoms with E-state index in [4.69, 9.17) is 15.7 Å². The maximum absolute atomic E-state index is 12.7. The number of nitriles is 1. The van der Waals surface area contributed by atoms with E-state index in [1.807, 2.05) is 19.9 Å². The van der Waals surface area contributed by atoms with Crippen molar-refractivity contribution >= 4 is 23.4 Å². The topological polar surface area (TPSA) is 131 Å². The van der Waals surface area contributed by atoms with Gasteiger partial charge in [-0.05, 0) is 60.5 Å². The molecule has 0 saturated heterocycles. The van der Waals surface area contributed by atoms with Crippen molar-refractivity contribution in [3.8, 4) is 23.3 Å². The standard InChI is InChI=1S/C25H23N7O2/c1-16(2)22-14-24(32(31-22)19-7-3-17(15-26)4-8-19)30-25(33)29-18-5-9-20(10-6-18)34-21-11-12-28-23(27)13-21/h3-14,16H,1-2H3,(H2,27,28)(H2,29,30,33). The molecule has 0 atom stereocenters. The molecule has 2 amide bonds. The molecule has 9 heteroatoms. The van der Waals surface area contributed by atoms with Gasteiger partial charge in [-0.3, -0.25) is 5.32 Å². The number of nitrogens with two attached hydrogens (primary N) is 1. The number of rotatable bonds is 6. The van der Waals surface area contributed by atoms with Gasteiger partial charge in [-0.2, -0.15) is 10.4 Å². The Bertz CT molecular complexity index is 1340. The number of pyridine rings is 1. The second kappa shape index (κ2) is 9.75. The van der Waals surface area contributed by atoms with Gasteiger partial charge in [0.1, 0.15) is 23.1 Å². The minimum atomic E-state index is -0.416. The van der Waals surface area contributed by atoms with E-state index in [0.717, 1.165) is 11.4 Å². The lowest BCUT2D eigenvalue weighted by Gasteiger charge is -2.11. The molecule has 4 rings (SSSR count). The first-order chi connectivity index (χ1) is 16.4. The van der Waals surface area contributed by atoms with Gasteiger partial charge in [0.2, 0.25) is 0 Å². The summed E-state index contributed by atoms with van der Waals surface area (Å²) in [4.78, 5) is 16.6.